The van der Waals surface area contributed by atoms with Crippen molar-refractivity contribution in [3.05, 3.63) is 47.5 Å². The van der Waals surface area contributed by atoms with Crippen LogP contribution in [0.2, 0.25) is 0 Å². The second kappa shape index (κ2) is 8.59. The fourth-order valence-corrected chi connectivity index (χ4v) is 3.02. The average molecular weight is 314 g/mol. The van der Waals surface area contributed by atoms with Crippen LogP contribution < -0.4 is 0 Å². The van der Waals surface area contributed by atoms with Gasteiger partial charge in [-0.25, -0.2) is 0 Å². The van der Waals surface area contributed by atoms with Gasteiger partial charge in [0.2, 0.25) is 0 Å². The van der Waals surface area contributed by atoms with Crippen LogP contribution in [0.5, 0.6) is 11.5 Å². The van der Waals surface area contributed by atoms with Crippen molar-refractivity contribution in [2.75, 3.05) is 6.61 Å². The fraction of sp³-hybridized carbons (Fsp3) is 0.400. The minimum atomic E-state index is 0.248. The maximum absolute atomic E-state index is 10.2. The molecule has 2 aromatic carbocycles. The number of phenolic OH excluding ortho intramolecular Hbond substituents is 2. The number of hydrogen-bond acceptors (Lipinski definition) is 3. The number of aryl methyl sites for hydroxylation is 1. The molecule has 0 saturated heterocycles. The van der Waals surface area contributed by atoms with Gasteiger partial charge in [0, 0.05) is 12.2 Å². The molecule has 2 aromatic rings. The zero-order valence-corrected chi connectivity index (χ0v) is 13.8. The van der Waals surface area contributed by atoms with Crippen molar-refractivity contribution < 1.29 is 15.3 Å². The van der Waals surface area contributed by atoms with E-state index < -0.39 is 0 Å². The highest BCUT2D eigenvalue weighted by Gasteiger charge is 2.13. The summed E-state index contributed by atoms with van der Waals surface area (Å²) in [6.45, 7) is 2.31. The largest absolute Gasteiger partial charge is 0.508 e. The van der Waals surface area contributed by atoms with E-state index in [1.807, 2.05) is 25.1 Å². The normalized spacial score (nSPS) is 10.9. The number of hydrogen-bond donors (Lipinski definition) is 3. The second-order valence-corrected chi connectivity index (χ2v) is 5.89. The zero-order valence-electron chi connectivity index (χ0n) is 13.8. The quantitative estimate of drug-likeness (QED) is 0.632. The highest BCUT2D eigenvalue weighted by atomic mass is 16.3. The molecule has 3 nitrogen and oxygen atoms in total. The third kappa shape index (κ3) is 4.49. The van der Waals surface area contributed by atoms with E-state index in [9.17, 15) is 10.2 Å². The van der Waals surface area contributed by atoms with Crippen LogP contribution in [0.4, 0.5) is 0 Å². The summed E-state index contributed by atoms with van der Waals surface area (Å²) in [6.07, 6.45) is 5.79. The van der Waals surface area contributed by atoms with Gasteiger partial charge in [0.05, 0.1) is 0 Å². The van der Waals surface area contributed by atoms with Gasteiger partial charge in [-0.3, -0.25) is 0 Å². The standard InChI is InChI=1S/C20H26O3/c1-2-18-19(23)13-10-15(7-5-3-4-6-14-21)20(18)16-8-11-17(22)12-9-16/h8-13,21-23H,2-7,14H2,1H3. The molecule has 3 N–H and O–H groups in total. The molecular weight excluding hydrogens is 288 g/mol. The molecule has 0 radical (unpaired) electrons. The lowest BCUT2D eigenvalue weighted by molar-refractivity contribution is 0.282. The van der Waals surface area contributed by atoms with Crippen molar-refractivity contribution in [2.24, 2.45) is 0 Å². The highest BCUT2D eigenvalue weighted by molar-refractivity contribution is 5.74. The number of aliphatic hydroxyl groups excluding tert-OH is 1. The molecule has 0 saturated carbocycles. The molecule has 0 heterocycles. The first-order chi connectivity index (χ1) is 11.2. The smallest absolute Gasteiger partial charge is 0.119 e. The molecule has 0 unspecified atom stereocenters. The van der Waals surface area contributed by atoms with Gasteiger partial charge in [-0.15, -0.1) is 0 Å². The number of rotatable bonds is 8. The molecule has 0 amide bonds. The molecule has 0 aliphatic heterocycles. The molecule has 0 atom stereocenters. The summed E-state index contributed by atoms with van der Waals surface area (Å²) < 4.78 is 0. The van der Waals surface area contributed by atoms with E-state index in [1.54, 1.807) is 18.2 Å². The van der Waals surface area contributed by atoms with Crippen LogP contribution in [0, 0.1) is 0 Å². The first kappa shape index (κ1) is 17.4. The van der Waals surface area contributed by atoms with Crippen LogP contribution in [-0.2, 0) is 12.8 Å². The van der Waals surface area contributed by atoms with Crippen molar-refractivity contribution in [1.29, 1.82) is 0 Å². The molecule has 3 heteroatoms. The zero-order chi connectivity index (χ0) is 16.7. The van der Waals surface area contributed by atoms with E-state index >= 15 is 0 Å². The maximum Gasteiger partial charge on any atom is 0.119 e. The number of aliphatic hydroxyl groups is 1. The molecule has 0 spiro atoms. The Kier molecular flexibility index (Phi) is 6.48. The van der Waals surface area contributed by atoms with Gasteiger partial charge in [0.1, 0.15) is 11.5 Å². The first-order valence-electron chi connectivity index (χ1n) is 8.41. The lowest BCUT2D eigenvalue weighted by Gasteiger charge is -2.16. The summed E-state index contributed by atoms with van der Waals surface area (Å²) in [6, 6.07) is 11.0. The van der Waals surface area contributed by atoms with Gasteiger partial charge in [0.15, 0.2) is 0 Å². The summed E-state index contributed by atoms with van der Waals surface area (Å²) >= 11 is 0. The summed E-state index contributed by atoms with van der Waals surface area (Å²) in [5, 5.41) is 28.6. The third-order valence-electron chi connectivity index (χ3n) is 4.24. The maximum atomic E-state index is 10.2. The number of unbranched alkanes of at least 4 members (excludes halogenated alkanes) is 3. The summed E-state index contributed by atoms with van der Waals surface area (Å²) in [7, 11) is 0. The van der Waals surface area contributed by atoms with E-state index in [1.165, 1.54) is 5.56 Å². The Bertz CT molecular complexity index is 618. The molecule has 124 valence electrons. The van der Waals surface area contributed by atoms with Crippen molar-refractivity contribution >= 4 is 0 Å². The fourth-order valence-electron chi connectivity index (χ4n) is 3.02. The van der Waals surface area contributed by atoms with E-state index in [0.29, 0.717) is 5.75 Å². The van der Waals surface area contributed by atoms with E-state index in [2.05, 4.69) is 0 Å². The van der Waals surface area contributed by atoms with Crippen molar-refractivity contribution in [3.8, 4) is 22.6 Å². The van der Waals surface area contributed by atoms with Crippen LogP contribution in [0.25, 0.3) is 11.1 Å². The Morgan fingerprint density at radius 1 is 0.826 bits per heavy atom. The average Bonchev–Trinajstić information content (AvgIpc) is 2.56. The summed E-state index contributed by atoms with van der Waals surface area (Å²) in [5.74, 6) is 0.581. The lowest BCUT2D eigenvalue weighted by atomic mass is 9.89. The Balaban J connectivity index is 2.28. The van der Waals surface area contributed by atoms with Gasteiger partial charge in [-0.05, 0) is 60.6 Å². The lowest BCUT2D eigenvalue weighted by Crippen LogP contribution is -1.97. The monoisotopic (exact) mass is 314 g/mol. The molecule has 23 heavy (non-hydrogen) atoms. The molecular formula is C20H26O3. The SMILES string of the molecule is CCc1c(O)ccc(CCCCCCO)c1-c1ccc(O)cc1. The summed E-state index contributed by atoms with van der Waals surface area (Å²) in [5.41, 5.74) is 4.31. The van der Waals surface area contributed by atoms with E-state index in [-0.39, 0.29) is 12.4 Å². The highest BCUT2D eigenvalue weighted by Crippen LogP contribution is 2.35. The topological polar surface area (TPSA) is 60.7 Å². The van der Waals surface area contributed by atoms with Crippen LogP contribution in [0.1, 0.15) is 43.7 Å². The van der Waals surface area contributed by atoms with Gasteiger partial charge in [-0.1, -0.05) is 38.0 Å². The number of aromatic hydroxyl groups is 2. The first-order valence-corrected chi connectivity index (χ1v) is 8.41. The van der Waals surface area contributed by atoms with Gasteiger partial charge in [-0.2, -0.15) is 0 Å². The van der Waals surface area contributed by atoms with Crippen LogP contribution in [0.15, 0.2) is 36.4 Å². The molecule has 0 aliphatic carbocycles. The van der Waals surface area contributed by atoms with Crippen molar-refractivity contribution in [2.45, 2.75) is 45.4 Å². The second-order valence-electron chi connectivity index (χ2n) is 5.89. The van der Waals surface area contributed by atoms with Crippen LogP contribution >= 0.6 is 0 Å². The Hall–Kier alpha value is -2.00. The van der Waals surface area contributed by atoms with Gasteiger partial charge < -0.3 is 15.3 Å². The minimum absolute atomic E-state index is 0.248. The van der Waals surface area contributed by atoms with E-state index in [4.69, 9.17) is 5.11 Å². The molecule has 0 aromatic heterocycles. The van der Waals surface area contributed by atoms with Crippen molar-refractivity contribution in [1.82, 2.24) is 0 Å². The third-order valence-corrected chi connectivity index (χ3v) is 4.24. The van der Waals surface area contributed by atoms with Gasteiger partial charge in [0.25, 0.3) is 0 Å². The molecule has 0 aliphatic rings. The Morgan fingerprint density at radius 2 is 1.52 bits per heavy atom. The number of phenols is 2. The number of benzene rings is 2. The molecule has 0 fully saturated rings. The minimum Gasteiger partial charge on any atom is -0.508 e. The van der Waals surface area contributed by atoms with Crippen LogP contribution in [0.3, 0.4) is 0 Å². The predicted octanol–water partition coefficient (Wildman–Crippen LogP) is 4.42. The van der Waals surface area contributed by atoms with Gasteiger partial charge >= 0.3 is 0 Å². The Morgan fingerprint density at radius 3 is 2.17 bits per heavy atom. The van der Waals surface area contributed by atoms with Crippen LogP contribution in [-0.4, -0.2) is 21.9 Å². The van der Waals surface area contributed by atoms with Crippen molar-refractivity contribution in [3.63, 3.8) is 0 Å². The van der Waals surface area contributed by atoms with E-state index in [0.717, 1.165) is 55.2 Å². The molecule has 0 bridgehead atoms. The predicted molar refractivity (Wildman–Crippen MR) is 93.8 cm³/mol. The molecule has 2 rings (SSSR count). The Labute approximate surface area is 138 Å². The summed E-state index contributed by atoms with van der Waals surface area (Å²) in [4.78, 5) is 0.